The second kappa shape index (κ2) is 8.45. The number of hydrogen-bond acceptors (Lipinski definition) is 6. The van der Waals surface area contributed by atoms with Crippen molar-refractivity contribution in [1.29, 1.82) is 0 Å². The molecule has 2 atom stereocenters. The molecular formula is C20H23FN4O2S. The number of rotatable bonds is 7. The van der Waals surface area contributed by atoms with E-state index in [4.69, 9.17) is 4.74 Å². The lowest BCUT2D eigenvalue weighted by molar-refractivity contribution is 0.120. The minimum atomic E-state index is -0.228. The van der Waals surface area contributed by atoms with Gasteiger partial charge in [0.15, 0.2) is 5.16 Å². The highest BCUT2D eigenvalue weighted by Gasteiger charge is 2.47. The number of aryl methyl sites for hydroxylation is 1. The Balaban J connectivity index is 1.30. The molecule has 0 N–H and O–H groups in total. The Morgan fingerprint density at radius 1 is 1.18 bits per heavy atom. The SMILES string of the molecule is CSc1ncc(CN2C[C@@H]3OC(=O)N(CCCc4ccc(F)cc4)[C@@H]3C2)cn1. The number of amides is 1. The lowest BCUT2D eigenvalue weighted by Crippen LogP contribution is -2.38. The van der Waals surface area contributed by atoms with Crippen LogP contribution >= 0.6 is 11.8 Å². The molecule has 1 amide bonds. The first-order valence-corrected chi connectivity index (χ1v) is 10.6. The van der Waals surface area contributed by atoms with Gasteiger partial charge in [0.2, 0.25) is 0 Å². The number of halogens is 1. The average Bonchev–Trinajstić information content (AvgIpc) is 3.21. The van der Waals surface area contributed by atoms with Crippen molar-refractivity contribution < 1.29 is 13.9 Å². The molecule has 2 aromatic rings. The third-order valence-corrected chi connectivity index (χ3v) is 5.82. The summed E-state index contributed by atoms with van der Waals surface area (Å²) in [6.45, 7) is 2.92. The van der Waals surface area contributed by atoms with Crippen LogP contribution in [-0.4, -0.2) is 63.9 Å². The Morgan fingerprint density at radius 2 is 1.93 bits per heavy atom. The molecule has 2 fully saturated rings. The summed E-state index contributed by atoms with van der Waals surface area (Å²) in [4.78, 5) is 25.0. The van der Waals surface area contributed by atoms with Crippen LogP contribution in [0.15, 0.2) is 41.8 Å². The van der Waals surface area contributed by atoms with Crippen molar-refractivity contribution in [2.75, 3.05) is 25.9 Å². The van der Waals surface area contributed by atoms with Gasteiger partial charge in [-0.05, 0) is 36.8 Å². The average molecular weight is 402 g/mol. The fourth-order valence-electron chi connectivity index (χ4n) is 3.86. The van der Waals surface area contributed by atoms with E-state index in [1.165, 1.54) is 23.9 Å². The summed E-state index contributed by atoms with van der Waals surface area (Å²) in [5.41, 5.74) is 2.14. The number of likely N-dealkylation sites (tertiary alicyclic amines) is 1. The van der Waals surface area contributed by atoms with Gasteiger partial charge < -0.3 is 9.64 Å². The second-order valence-electron chi connectivity index (χ2n) is 7.19. The van der Waals surface area contributed by atoms with Crippen molar-refractivity contribution in [2.45, 2.75) is 36.7 Å². The van der Waals surface area contributed by atoms with Crippen LogP contribution in [0.4, 0.5) is 9.18 Å². The summed E-state index contributed by atoms with van der Waals surface area (Å²) in [7, 11) is 0. The number of hydrogen-bond donors (Lipinski definition) is 0. The molecule has 0 radical (unpaired) electrons. The zero-order chi connectivity index (χ0) is 19.5. The first-order chi connectivity index (χ1) is 13.6. The number of aromatic nitrogens is 2. The van der Waals surface area contributed by atoms with E-state index >= 15 is 0 Å². The molecule has 8 heteroatoms. The third kappa shape index (κ3) is 4.28. The van der Waals surface area contributed by atoms with E-state index in [-0.39, 0.29) is 24.1 Å². The lowest BCUT2D eigenvalue weighted by atomic mass is 10.1. The van der Waals surface area contributed by atoms with Gasteiger partial charge in [0.25, 0.3) is 0 Å². The fourth-order valence-corrected chi connectivity index (χ4v) is 4.18. The minimum Gasteiger partial charge on any atom is -0.442 e. The molecule has 0 unspecified atom stereocenters. The molecule has 1 aromatic heterocycles. The molecule has 0 aliphatic carbocycles. The molecule has 3 heterocycles. The predicted molar refractivity (Wildman–Crippen MR) is 105 cm³/mol. The number of benzene rings is 1. The van der Waals surface area contributed by atoms with Crippen LogP contribution in [0.3, 0.4) is 0 Å². The number of thioether (sulfide) groups is 1. The molecule has 2 aliphatic heterocycles. The van der Waals surface area contributed by atoms with E-state index in [0.717, 1.165) is 48.8 Å². The van der Waals surface area contributed by atoms with Gasteiger partial charge in [-0.1, -0.05) is 23.9 Å². The highest BCUT2D eigenvalue weighted by molar-refractivity contribution is 7.98. The molecule has 6 nitrogen and oxygen atoms in total. The lowest BCUT2D eigenvalue weighted by Gasteiger charge is -2.22. The van der Waals surface area contributed by atoms with Crippen molar-refractivity contribution in [3.05, 3.63) is 53.6 Å². The van der Waals surface area contributed by atoms with Crippen molar-refractivity contribution >= 4 is 17.9 Å². The maximum Gasteiger partial charge on any atom is 0.410 e. The number of fused-ring (bicyclic) bond motifs is 1. The topological polar surface area (TPSA) is 58.6 Å². The van der Waals surface area contributed by atoms with Crippen molar-refractivity contribution in [3.63, 3.8) is 0 Å². The Hall–Kier alpha value is -2.19. The zero-order valence-corrected chi connectivity index (χ0v) is 16.6. The van der Waals surface area contributed by atoms with Crippen LogP contribution in [0, 0.1) is 5.82 Å². The van der Waals surface area contributed by atoms with Crippen LogP contribution in [0.25, 0.3) is 0 Å². The number of carbonyl (C=O) groups is 1. The second-order valence-corrected chi connectivity index (χ2v) is 7.96. The summed E-state index contributed by atoms with van der Waals surface area (Å²) < 4.78 is 18.6. The fraction of sp³-hybridized carbons (Fsp3) is 0.450. The Morgan fingerprint density at radius 3 is 2.64 bits per heavy atom. The van der Waals surface area contributed by atoms with Crippen LogP contribution in [0.1, 0.15) is 17.5 Å². The van der Waals surface area contributed by atoms with E-state index in [1.54, 1.807) is 12.1 Å². The largest absolute Gasteiger partial charge is 0.442 e. The Bertz CT molecular complexity index is 818. The predicted octanol–water partition coefficient (Wildman–Crippen LogP) is 2.98. The summed E-state index contributed by atoms with van der Waals surface area (Å²) >= 11 is 1.52. The maximum atomic E-state index is 13.0. The smallest absolute Gasteiger partial charge is 0.410 e. The van der Waals surface area contributed by atoms with Crippen molar-refractivity contribution in [1.82, 2.24) is 19.8 Å². The zero-order valence-electron chi connectivity index (χ0n) is 15.8. The molecule has 28 heavy (non-hydrogen) atoms. The van der Waals surface area contributed by atoms with Gasteiger partial charge in [-0.3, -0.25) is 4.90 Å². The highest BCUT2D eigenvalue weighted by Crippen LogP contribution is 2.28. The van der Waals surface area contributed by atoms with Gasteiger partial charge in [-0.25, -0.2) is 19.2 Å². The van der Waals surface area contributed by atoms with Crippen LogP contribution in [-0.2, 0) is 17.7 Å². The third-order valence-electron chi connectivity index (χ3n) is 5.25. The summed E-state index contributed by atoms with van der Waals surface area (Å²) in [6.07, 6.45) is 7.01. The molecule has 2 saturated heterocycles. The van der Waals surface area contributed by atoms with E-state index in [0.29, 0.717) is 6.54 Å². The monoisotopic (exact) mass is 402 g/mol. The Kier molecular flexibility index (Phi) is 5.77. The summed E-state index contributed by atoms with van der Waals surface area (Å²) in [5, 5.41) is 0.767. The summed E-state index contributed by atoms with van der Waals surface area (Å²) in [6, 6.07) is 6.62. The quantitative estimate of drug-likeness (QED) is 0.524. The normalized spacial score (nSPS) is 21.8. The van der Waals surface area contributed by atoms with E-state index in [9.17, 15) is 9.18 Å². The standard InChI is InChI=1S/C20H23FN4O2S/c1-28-19-22-9-15(10-23-19)11-24-12-17-18(13-24)27-20(26)25(17)8-2-3-14-4-6-16(21)7-5-14/h4-7,9-10,17-18H,2-3,8,11-13H2,1H3/t17-,18+/m1/s1. The van der Waals surface area contributed by atoms with E-state index in [2.05, 4.69) is 14.9 Å². The first kappa shape index (κ1) is 19.1. The van der Waals surface area contributed by atoms with Gasteiger partial charge in [-0.2, -0.15) is 0 Å². The highest BCUT2D eigenvalue weighted by atomic mass is 32.2. The molecule has 148 valence electrons. The Labute approximate surface area is 168 Å². The van der Waals surface area contributed by atoms with E-state index < -0.39 is 0 Å². The molecule has 4 rings (SSSR count). The number of ether oxygens (including phenoxy) is 1. The molecule has 2 aliphatic rings. The first-order valence-electron chi connectivity index (χ1n) is 9.41. The van der Waals surface area contributed by atoms with E-state index in [1.807, 2.05) is 23.5 Å². The molecule has 0 bridgehead atoms. The van der Waals surface area contributed by atoms with Crippen LogP contribution in [0.5, 0.6) is 0 Å². The van der Waals surface area contributed by atoms with Gasteiger partial charge >= 0.3 is 6.09 Å². The van der Waals surface area contributed by atoms with Gasteiger partial charge in [0.1, 0.15) is 11.9 Å². The van der Waals surface area contributed by atoms with Crippen molar-refractivity contribution in [3.8, 4) is 0 Å². The molecule has 0 saturated carbocycles. The minimum absolute atomic E-state index is 0.0790. The number of nitrogens with zero attached hydrogens (tertiary/aromatic N) is 4. The molecular weight excluding hydrogens is 379 g/mol. The molecule has 1 aromatic carbocycles. The van der Waals surface area contributed by atoms with Gasteiger partial charge in [0, 0.05) is 44.1 Å². The van der Waals surface area contributed by atoms with Crippen LogP contribution in [0.2, 0.25) is 0 Å². The number of carbonyl (C=O) groups excluding carboxylic acids is 1. The van der Waals surface area contributed by atoms with Gasteiger partial charge in [0.05, 0.1) is 6.04 Å². The van der Waals surface area contributed by atoms with Crippen LogP contribution < -0.4 is 0 Å². The summed E-state index contributed by atoms with van der Waals surface area (Å²) in [5.74, 6) is -0.228. The van der Waals surface area contributed by atoms with Crippen molar-refractivity contribution in [2.24, 2.45) is 0 Å². The maximum absolute atomic E-state index is 13.0. The van der Waals surface area contributed by atoms with Gasteiger partial charge in [-0.15, -0.1) is 0 Å². The molecule has 0 spiro atoms.